The van der Waals surface area contributed by atoms with Crippen LogP contribution in [0.1, 0.15) is 31.3 Å². The summed E-state index contributed by atoms with van der Waals surface area (Å²) < 4.78 is 10.9. The summed E-state index contributed by atoms with van der Waals surface area (Å²) >= 11 is 3.21. The van der Waals surface area contributed by atoms with Crippen molar-refractivity contribution in [3.05, 3.63) is 46.8 Å². The number of furan rings is 1. The SMILES string of the molecule is CC(C)(C)OC(=O)Nc1ccc(NC(=O)c2cc(Br)co2)cc1. The maximum Gasteiger partial charge on any atom is 0.412 e. The van der Waals surface area contributed by atoms with Crippen LogP contribution in [0.4, 0.5) is 16.2 Å². The molecule has 0 aliphatic carbocycles. The molecule has 7 heteroatoms. The first-order chi connectivity index (χ1) is 10.7. The Labute approximate surface area is 142 Å². The van der Waals surface area contributed by atoms with E-state index in [1.165, 1.54) is 6.26 Å². The van der Waals surface area contributed by atoms with Gasteiger partial charge in [-0.05, 0) is 61.0 Å². The van der Waals surface area contributed by atoms with Gasteiger partial charge in [-0.1, -0.05) is 0 Å². The molecule has 0 aliphatic heterocycles. The van der Waals surface area contributed by atoms with E-state index < -0.39 is 11.7 Å². The molecule has 0 atom stereocenters. The van der Waals surface area contributed by atoms with E-state index in [1.807, 2.05) is 0 Å². The molecule has 0 unspecified atom stereocenters. The molecule has 0 saturated carbocycles. The summed E-state index contributed by atoms with van der Waals surface area (Å²) in [5.74, 6) is -0.156. The Morgan fingerprint density at radius 3 is 2.13 bits per heavy atom. The molecule has 2 N–H and O–H groups in total. The Balaban J connectivity index is 1.94. The van der Waals surface area contributed by atoms with Crippen LogP contribution in [0.5, 0.6) is 0 Å². The second-order valence-electron chi connectivity index (χ2n) is 5.79. The molecule has 122 valence electrons. The minimum Gasteiger partial charge on any atom is -0.458 e. The first-order valence-corrected chi connectivity index (χ1v) is 7.68. The zero-order valence-electron chi connectivity index (χ0n) is 13.0. The second-order valence-corrected chi connectivity index (χ2v) is 6.70. The molecular formula is C16H17BrN2O4. The average Bonchev–Trinajstić information content (AvgIpc) is 2.85. The molecule has 0 fully saturated rings. The van der Waals surface area contributed by atoms with Crippen molar-refractivity contribution in [3.63, 3.8) is 0 Å². The highest BCUT2D eigenvalue weighted by Gasteiger charge is 2.16. The Morgan fingerprint density at radius 1 is 1.09 bits per heavy atom. The van der Waals surface area contributed by atoms with Crippen molar-refractivity contribution in [1.29, 1.82) is 0 Å². The van der Waals surface area contributed by atoms with Crippen molar-refractivity contribution < 1.29 is 18.7 Å². The molecule has 6 nitrogen and oxygen atoms in total. The van der Waals surface area contributed by atoms with E-state index >= 15 is 0 Å². The van der Waals surface area contributed by atoms with Crippen LogP contribution in [0.25, 0.3) is 0 Å². The van der Waals surface area contributed by atoms with Crippen molar-refractivity contribution >= 4 is 39.3 Å². The standard InChI is InChI=1S/C16H17BrN2O4/c1-16(2,3)23-15(21)19-12-6-4-11(5-7-12)18-14(20)13-8-10(17)9-22-13/h4-9H,1-3H3,(H,18,20)(H,19,21). The number of rotatable bonds is 3. The molecule has 0 saturated heterocycles. The van der Waals surface area contributed by atoms with Crippen LogP contribution in [0.15, 0.2) is 45.5 Å². The third-order valence-corrected chi connectivity index (χ3v) is 3.00. The zero-order chi connectivity index (χ0) is 17.0. The predicted molar refractivity (Wildman–Crippen MR) is 90.7 cm³/mol. The minimum atomic E-state index is -0.560. The molecule has 0 radical (unpaired) electrons. The fraction of sp³-hybridized carbons (Fsp3) is 0.250. The summed E-state index contributed by atoms with van der Waals surface area (Å²) in [5.41, 5.74) is 0.588. The zero-order valence-corrected chi connectivity index (χ0v) is 14.6. The van der Waals surface area contributed by atoms with E-state index in [0.717, 1.165) is 0 Å². The molecule has 2 aromatic rings. The van der Waals surface area contributed by atoms with Crippen LogP contribution < -0.4 is 10.6 Å². The Hall–Kier alpha value is -2.28. The monoisotopic (exact) mass is 380 g/mol. The number of carbonyl (C=O) groups excluding carboxylic acids is 2. The molecule has 0 spiro atoms. The number of halogens is 1. The summed E-state index contributed by atoms with van der Waals surface area (Å²) in [6, 6.07) is 8.24. The molecular weight excluding hydrogens is 364 g/mol. The summed E-state index contributed by atoms with van der Waals surface area (Å²) in [6.07, 6.45) is 0.901. The number of amides is 2. The lowest BCUT2D eigenvalue weighted by Gasteiger charge is -2.19. The fourth-order valence-electron chi connectivity index (χ4n) is 1.68. The Bertz CT molecular complexity index is 702. The van der Waals surface area contributed by atoms with E-state index in [2.05, 4.69) is 26.6 Å². The lowest BCUT2D eigenvalue weighted by atomic mass is 10.2. The second kappa shape index (κ2) is 6.87. The van der Waals surface area contributed by atoms with Gasteiger partial charge in [0.25, 0.3) is 5.91 Å². The highest BCUT2D eigenvalue weighted by molar-refractivity contribution is 9.10. The van der Waals surface area contributed by atoms with Gasteiger partial charge in [0.1, 0.15) is 11.9 Å². The van der Waals surface area contributed by atoms with Crippen molar-refractivity contribution in [2.24, 2.45) is 0 Å². The van der Waals surface area contributed by atoms with Crippen molar-refractivity contribution in [2.75, 3.05) is 10.6 Å². The van der Waals surface area contributed by atoms with E-state index in [0.29, 0.717) is 15.8 Å². The van der Waals surface area contributed by atoms with Crippen LogP contribution >= 0.6 is 15.9 Å². The van der Waals surface area contributed by atoms with Gasteiger partial charge in [0.15, 0.2) is 5.76 Å². The number of benzene rings is 1. The van der Waals surface area contributed by atoms with Gasteiger partial charge in [0, 0.05) is 17.4 Å². The maximum absolute atomic E-state index is 11.9. The molecule has 2 rings (SSSR count). The lowest BCUT2D eigenvalue weighted by molar-refractivity contribution is 0.0635. The third-order valence-electron chi connectivity index (χ3n) is 2.58. The van der Waals surface area contributed by atoms with Gasteiger partial charge in [-0.3, -0.25) is 10.1 Å². The lowest BCUT2D eigenvalue weighted by Crippen LogP contribution is -2.27. The number of hydrogen-bond acceptors (Lipinski definition) is 4. The first-order valence-electron chi connectivity index (χ1n) is 6.88. The van der Waals surface area contributed by atoms with Crippen LogP contribution in [-0.2, 0) is 4.74 Å². The van der Waals surface area contributed by atoms with Crippen molar-refractivity contribution in [1.82, 2.24) is 0 Å². The molecule has 0 aliphatic rings. The van der Waals surface area contributed by atoms with Crippen molar-refractivity contribution in [3.8, 4) is 0 Å². The first kappa shape index (κ1) is 17.1. The largest absolute Gasteiger partial charge is 0.458 e. The minimum absolute atomic E-state index is 0.202. The highest BCUT2D eigenvalue weighted by atomic mass is 79.9. The maximum atomic E-state index is 11.9. The fourth-order valence-corrected chi connectivity index (χ4v) is 1.98. The van der Waals surface area contributed by atoms with E-state index in [4.69, 9.17) is 9.15 Å². The van der Waals surface area contributed by atoms with Gasteiger partial charge in [0.05, 0.1) is 4.47 Å². The normalized spacial score (nSPS) is 11.0. The van der Waals surface area contributed by atoms with Crippen LogP contribution in [-0.4, -0.2) is 17.6 Å². The van der Waals surface area contributed by atoms with Crippen LogP contribution in [0.2, 0.25) is 0 Å². The number of nitrogens with one attached hydrogen (secondary N) is 2. The highest BCUT2D eigenvalue weighted by Crippen LogP contribution is 2.18. The molecule has 23 heavy (non-hydrogen) atoms. The van der Waals surface area contributed by atoms with Gasteiger partial charge < -0.3 is 14.5 Å². The average molecular weight is 381 g/mol. The van der Waals surface area contributed by atoms with Gasteiger partial charge in [-0.25, -0.2) is 4.79 Å². The molecule has 1 heterocycles. The van der Waals surface area contributed by atoms with Gasteiger partial charge >= 0.3 is 6.09 Å². The van der Waals surface area contributed by atoms with Gasteiger partial charge in [-0.2, -0.15) is 0 Å². The summed E-state index contributed by atoms with van der Waals surface area (Å²) in [5, 5.41) is 5.31. The van der Waals surface area contributed by atoms with E-state index in [1.54, 1.807) is 51.1 Å². The number of ether oxygens (including phenoxy) is 1. The topological polar surface area (TPSA) is 80.6 Å². The summed E-state index contributed by atoms with van der Waals surface area (Å²) in [7, 11) is 0. The van der Waals surface area contributed by atoms with Gasteiger partial charge in [-0.15, -0.1) is 0 Å². The number of carbonyl (C=O) groups is 2. The number of anilines is 2. The predicted octanol–water partition coefficient (Wildman–Crippen LogP) is 4.64. The van der Waals surface area contributed by atoms with E-state index in [-0.39, 0.29) is 11.7 Å². The molecule has 1 aromatic carbocycles. The quantitative estimate of drug-likeness (QED) is 0.812. The Morgan fingerprint density at radius 2 is 1.65 bits per heavy atom. The van der Waals surface area contributed by atoms with Gasteiger partial charge in [0.2, 0.25) is 0 Å². The number of hydrogen-bond donors (Lipinski definition) is 2. The third kappa shape index (κ3) is 5.45. The molecule has 2 amide bonds. The summed E-state index contributed by atoms with van der Waals surface area (Å²) in [6.45, 7) is 5.37. The summed E-state index contributed by atoms with van der Waals surface area (Å²) in [4.78, 5) is 23.6. The van der Waals surface area contributed by atoms with Crippen LogP contribution in [0.3, 0.4) is 0 Å². The van der Waals surface area contributed by atoms with Crippen LogP contribution in [0, 0.1) is 0 Å². The van der Waals surface area contributed by atoms with E-state index in [9.17, 15) is 9.59 Å². The van der Waals surface area contributed by atoms with Crippen molar-refractivity contribution in [2.45, 2.75) is 26.4 Å². The molecule has 1 aromatic heterocycles. The smallest absolute Gasteiger partial charge is 0.412 e. The Kier molecular flexibility index (Phi) is 5.10. The molecule has 0 bridgehead atoms.